The Kier molecular flexibility index (Phi) is 11.1. The van der Waals surface area contributed by atoms with Crippen molar-refractivity contribution in [3.05, 3.63) is 0 Å². The van der Waals surface area contributed by atoms with E-state index in [-0.39, 0.29) is 5.97 Å². The summed E-state index contributed by atoms with van der Waals surface area (Å²) >= 11 is 0. The zero-order valence-electron chi connectivity index (χ0n) is 10.1. The van der Waals surface area contributed by atoms with Gasteiger partial charge in [-0.25, -0.2) is 4.79 Å². The third-order valence-corrected chi connectivity index (χ3v) is 2.22. The van der Waals surface area contributed by atoms with Crippen molar-refractivity contribution >= 4 is 5.97 Å². The molecule has 0 saturated carbocycles. The zero-order valence-corrected chi connectivity index (χ0v) is 10.1. The molecule has 3 heteroatoms. The van der Waals surface area contributed by atoms with Crippen molar-refractivity contribution < 1.29 is 14.6 Å². The molecule has 0 spiro atoms. The Morgan fingerprint density at radius 3 is 2.27 bits per heavy atom. The molecule has 0 saturated heterocycles. The Labute approximate surface area is 93.1 Å². The third-order valence-electron chi connectivity index (χ3n) is 2.22. The largest absolute Gasteiger partial charge is 0.342 e. The average Bonchev–Trinajstić information content (AvgIpc) is 2.23. The second-order valence-electron chi connectivity index (χ2n) is 3.80. The molecule has 0 radical (unpaired) electrons. The smallest absolute Gasteiger partial charge is 0.298 e. The summed E-state index contributed by atoms with van der Waals surface area (Å²) in [5, 5.41) is 0. The molecule has 0 rings (SSSR count). The van der Waals surface area contributed by atoms with Crippen LogP contribution in [0.2, 0.25) is 0 Å². The maximum Gasteiger partial charge on any atom is 0.342 e. The predicted molar refractivity (Wildman–Crippen MR) is 60.3 cm³/mol. The molecule has 0 heterocycles. The standard InChI is InChI=1S/C12H24O3/c1-3-5-7-9-11-14-15-12(13)10-8-6-4-2/h3-11H2,1-2H3. The first kappa shape index (κ1) is 14.4. The van der Waals surface area contributed by atoms with Crippen molar-refractivity contribution in [3.8, 4) is 0 Å². The Morgan fingerprint density at radius 1 is 0.933 bits per heavy atom. The predicted octanol–water partition coefficient (Wildman–Crippen LogP) is 3.62. The van der Waals surface area contributed by atoms with Crippen LogP contribution in [0.4, 0.5) is 0 Å². The molecule has 15 heavy (non-hydrogen) atoms. The lowest BCUT2D eigenvalue weighted by atomic mass is 10.2. The van der Waals surface area contributed by atoms with Crippen LogP contribution in [-0.2, 0) is 14.6 Å². The van der Waals surface area contributed by atoms with Crippen LogP contribution in [0, 0.1) is 0 Å². The van der Waals surface area contributed by atoms with Gasteiger partial charge in [0.05, 0.1) is 6.61 Å². The van der Waals surface area contributed by atoms with Crippen LogP contribution in [0.3, 0.4) is 0 Å². The molecule has 0 aromatic heterocycles. The second kappa shape index (κ2) is 11.5. The van der Waals surface area contributed by atoms with Crippen LogP contribution in [0.15, 0.2) is 0 Å². The van der Waals surface area contributed by atoms with Crippen LogP contribution >= 0.6 is 0 Å². The van der Waals surface area contributed by atoms with Gasteiger partial charge in [-0.05, 0) is 12.8 Å². The molecule has 0 aliphatic heterocycles. The first-order valence-electron chi connectivity index (χ1n) is 6.13. The summed E-state index contributed by atoms with van der Waals surface area (Å²) < 4.78 is 0. The van der Waals surface area contributed by atoms with E-state index in [0.29, 0.717) is 13.0 Å². The van der Waals surface area contributed by atoms with Gasteiger partial charge in [-0.1, -0.05) is 46.0 Å². The summed E-state index contributed by atoms with van der Waals surface area (Å²) in [4.78, 5) is 20.5. The minimum Gasteiger partial charge on any atom is -0.298 e. The van der Waals surface area contributed by atoms with Crippen LogP contribution in [-0.4, -0.2) is 12.6 Å². The van der Waals surface area contributed by atoms with Crippen molar-refractivity contribution in [3.63, 3.8) is 0 Å². The first-order chi connectivity index (χ1) is 7.31. The second-order valence-corrected chi connectivity index (χ2v) is 3.80. The molecule has 0 unspecified atom stereocenters. The summed E-state index contributed by atoms with van der Waals surface area (Å²) in [6.45, 7) is 4.80. The van der Waals surface area contributed by atoms with E-state index >= 15 is 0 Å². The molecule has 90 valence electrons. The van der Waals surface area contributed by atoms with E-state index in [1.807, 2.05) is 0 Å². The molecule has 0 aliphatic carbocycles. The molecule has 0 bridgehead atoms. The topological polar surface area (TPSA) is 35.5 Å². The van der Waals surface area contributed by atoms with E-state index in [4.69, 9.17) is 4.89 Å². The molecule has 0 aliphatic rings. The fourth-order valence-electron chi connectivity index (χ4n) is 1.26. The maximum absolute atomic E-state index is 11.1. The summed E-state index contributed by atoms with van der Waals surface area (Å²) in [5.41, 5.74) is 0. The highest BCUT2D eigenvalue weighted by atomic mass is 17.2. The number of rotatable bonds is 10. The quantitative estimate of drug-likeness (QED) is 0.318. The lowest BCUT2D eigenvalue weighted by Gasteiger charge is -2.03. The molecular weight excluding hydrogens is 192 g/mol. The minimum atomic E-state index is -0.237. The highest BCUT2D eigenvalue weighted by Gasteiger charge is 2.02. The minimum absolute atomic E-state index is 0.237. The van der Waals surface area contributed by atoms with E-state index in [1.165, 1.54) is 12.8 Å². The number of hydrogen-bond donors (Lipinski definition) is 0. The normalized spacial score (nSPS) is 10.3. The van der Waals surface area contributed by atoms with Gasteiger partial charge < -0.3 is 0 Å². The molecule has 3 nitrogen and oxygen atoms in total. The van der Waals surface area contributed by atoms with Gasteiger partial charge in [-0.2, -0.15) is 4.89 Å². The monoisotopic (exact) mass is 216 g/mol. The van der Waals surface area contributed by atoms with Gasteiger partial charge in [0.15, 0.2) is 0 Å². The van der Waals surface area contributed by atoms with Gasteiger partial charge in [0.2, 0.25) is 0 Å². The Hall–Kier alpha value is -0.570. The van der Waals surface area contributed by atoms with Crippen molar-refractivity contribution in [2.45, 2.75) is 65.2 Å². The highest BCUT2D eigenvalue weighted by molar-refractivity contribution is 5.68. The van der Waals surface area contributed by atoms with Crippen molar-refractivity contribution in [1.29, 1.82) is 0 Å². The molecule has 0 aromatic carbocycles. The lowest BCUT2D eigenvalue weighted by Crippen LogP contribution is -2.06. The van der Waals surface area contributed by atoms with E-state index in [0.717, 1.165) is 32.1 Å². The van der Waals surface area contributed by atoms with Crippen molar-refractivity contribution in [2.24, 2.45) is 0 Å². The third kappa shape index (κ3) is 11.4. The van der Waals surface area contributed by atoms with E-state index in [9.17, 15) is 4.79 Å². The fraction of sp³-hybridized carbons (Fsp3) is 0.917. The maximum atomic E-state index is 11.1. The highest BCUT2D eigenvalue weighted by Crippen LogP contribution is 2.02. The number of unbranched alkanes of at least 4 members (excludes halogenated alkanes) is 5. The first-order valence-corrected chi connectivity index (χ1v) is 6.13. The summed E-state index contributed by atoms with van der Waals surface area (Å²) in [5.74, 6) is -0.237. The zero-order chi connectivity index (χ0) is 11.4. The number of hydrogen-bond acceptors (Lipinski definition) is 3. The summed E-state index contributed by atoms with van der Waals surface area (Å²) in [6, 6.07) is 0. The summed E-state index contributed by atoms with van der Waals surface area (Å²) in [7, 11) is 0. The van der Waals surface area contributed by atoms with Gasteiger partial charge in [0.1, 0.15) is 0 Å². The Bertz CT molecular complexity index is 146. The molecule has 0 N–H and O–H groups in total. The Morgan fingerprint density at radius 2 is 1.60 bits per heavy atom. The molecule has 0 amide bonds. The number of carbonyl (C=O) groups is 1. The van der Waals surface area contributed by atoms with E-state index < -0.39 is 0 Å². The van der Waals surface area contributed by atoms with Crippen LogP contribution < -0.4 is 0 Å². The van der Waals surface area contributed by atoms with Crippen LogP contribution in [0.5, 0.6) is 0 Å². The van der Waals surface area contributed by atoms with Crippen LogP contribution in [0.25, 0.3) is 0 Å². The fourth-order valence-corrected chi connectivity index (χ4v) is 1.26. The Balaban J connectivity index is 3.10. The van der Waals surface area contributed by atoms with Gasteiger partial charge >= 0.3 is 5.97 Å². The number of carbonyl (C=O) groups excluding carboxylic acids is 1. The van der Waals surface area contributed by atoms with Gasteiger partial charge in [0, 0.05) is 6.42 Å². The van der Waals surface area contributed by atoms with Gasteiger partial charge in [0.25, 0.3) is 0 Å². The molecule has 0 atom stereocenters. The van der Waals surface area contributed by atoms with Crippen LogP contribution in [0.1, 0.15) is 65.2 Å². The molecule has 0 fully saturated rings. The lowest BCUT2D eigenvalue weighted by molar-refractivity contribution is -0.272. The SMILES string of the molecule is CCCCCCOOC(=O)CCCCC. The summed E-state index contributed by atoms with van der Waals surface area (Å²) in [6.07, 6.45) is 8.10. The van der Waals surface area contributed by atoms with Gasteiger partial charge in [-0.3, -0.25) is 4.89 Å². The van der Waals surface area contributed by atoms with Crippen molar-refractivity contribution in [2.75, 3.05) is 6.61 Å². The van der Waals surface area contributed by atoms with E-state index in [2.05, 4.69) is 18.7 Å². The average molecular weight is 216 g/mol. The van der Waals surface area contributed by atoms with Crippen molar-refractivity contribution in [1.82, 2.24) is 0 Å². The molecular formula is C12H24O3. The van der Waals surface area contributed by atoms with E-state index in [1.54, 1.807) is 0 Å². The molecule has 0 aromatic rings. The van der Waals surface area contributed by atoms with Gasteiger partial charge in [-0.15, -0.1) is 0 Å².